The third-order valence-corrected chi connectivity index (χ3v) is 3.94. The second-order valence-electron chi connectivity index (χ2n) is 4.97. The molecule has 0 aromatic carbocycles. The summed E-state index contributed by atoms with van der Waals surface area (Å²) in [6.45, 7) is 5.10. The van der Waals surface area contributed by atoms with Crippen molar-refractivity contribution in [2.45, 2.75) is 51.7 Å². The molecule has 1 aromatic rings. The summed E-state index contributed by atoms with van der Waals surface area (Å²) >= 11 is 0. The van der Waals surface area contributed by atoms with Crippen LogP contribution < -0.4 is 5.73 Å². The maximum atomic E-state index is 5.76. The largest absolute Gasteiger partial charge is 0.326 e. The minimum absolute atomic E-state index is 0.591. The zero-order chi connectivity index (χ0) is 12.3. The fourth-order valence-corrected chi connectivity index (χ4v) is 2.81. The van der Waals surface area contributed by atoms with Crippen LogP contribution in [0.4, 0.5) is 0 Å². The van der Waals surface area contributed by atoms with Crippen LogP contribution >= 0.6 is 0 Å². The highest BCUT2D eigenvalue weighted by atomic mass is 15.3. The lowest BCUT2D eigenvalue weighted by Gasteiger charge is -2.35. The molecule has 2 N–H and O–H groups in total. The van der Waals surface area contributed by atoms with Crippen LogP contribution in [0.25, 0.3) is 0 Å². The summed E-state index contributed by atoms with van der Waals surface area (Å²) in [6, 6.07) is 0.740. The van der Waals surface area contributed by atoms with E-state index in [9.17, 15) is 0 Å². The van der Waals surface area contributed by atoms with Gasteiger partial charge in [0.15, 0.2) is 0 Å². The van der Waals surface area contributed by atoms with Crippen molar-refractivity contribution in [3.63, 3.8) is 0 Å². The van der Waals surface area contributed by atoms with Crippen LogP contribution in [-0.2, 0) is 20.1 Å². The lowest BCUT2D eigenvalue weighted by Crippen LogP contribution is -2.39. The van der Waals surface area contributed by atoms with Crippen molar-refractivity contribution in [2.24, 2.45) is 12.8 Å². The molecule has 1 aromatic heterocycles. The summed E-state index contributed by atoms with van der Waals surface area (Å²) in [5.74, 6) is 0. The van der Waals surface area contributed by atoms with E-state index < -0.39 is 0 Å². The van der Waals surface area contributed by atoms with Gasteiger partial charge in [-0.05, 0) is 25.8 Å². The van der Waals surface area contributed by atoms with Gasteiger partial charge in [0.2, 0.25) is 0 Å². The standard InChI is InChI=1S/C13H24N4/c1-3-12-6-4-5-7-17(12)10-13-11(8-14)9-15-16(13)2/h9,12H,3-8,10,14H2,1-2H3/t12-/m1/s1. The molecular formula is C13H24N4. The number of hydrogen-bond acceptors (Lipinski definition) is 3. The molecule has 0 radical (unpaired) electrons. The van der Waals surface area contributed by atoms with Crippen molar-refractivity contribution in [1.29, 1.82) is 0 Å². The van der Waals surface area contributed by atoms with Gasteiger partial charge in [0.1, 0.15) is 0 Å². The maximum Gasteiger partial charge on any atom is 0.0566 e. The first-order chi connectivity index (χ1) is 8.26. The van der Waals surface area contributed by atoms with Gasteiger partial charge in [-0.15, -0.1) is 0 Å². The van der Waals surface area contributed by atoms with E-state index in [1.807, 2.05) is 17.9 Å². The lowest BCUT2D eigenvalue weighted by molar-refractivity contribution is 0.132. The number of rotatable bonds is 4. The molecule has 4 nitrogen and oxygen atoms in total. The van der Waals surface area contributed by atoms with Crippen molar-refractivity contribution < 1.29 is 0 Å². The van der Waals surface area contributed by atoms with E-state index in [-0.39, 0.29) is 0 Å². The summed E-state index contributed by atoms with van der Waals surface area (Å²) in [7, 11) is 2.01. The maximum absolute atomic E-state index is 5.76. The molecule has 0 spiro atoms. The van der Waals surface area contributed by atoms with Gasteiger partial charge < -0.3 is 5.73 Å². The highest BCUT2D eigenvalue weighted by Gasteiger charge is 2.22. The SMILES string of the molecule is CC[C@@H]1CCCCN1Cc1c(CN)cnn1C. The number of likely N-dealkylation sites (tertiary alicyclic amines) is 1. The van der Waals surface area contributed by atoms with Crippen LogP contribution in [0.15, 0.2) is 6.20 Å². The molecule has 4 heteroatoms. The minimum Gasteiger partial charge on any atom is -0.326 e. The van der Waals surface area contributed by atoms with E-state index in [2.05, 4.69) is 16.9 Å². The molecule has 1 fully saturated rings. The topological polar surface area (TPSA) is 47.1 Å². The second kappa shape index (κ2) is 5.65. The molecule has 0 saturated carbocycles. The van der Waals surface area contributed by atoms with Crippen LogP contribution in [0.5, 0.6) is 0 Å². The molecular weight excluding hydrogens is 212 g/mol. The van der Waals surface area contributed by atoms with Gasteiger partial charge in [-0.3, -0.25) is 9.58 Å². The number of piperidine rings is 1. The van der Waals surface area contributed by atoms with Crippen LogP contribution in [0.3, 0.4) is 0 Å². The molecule has 96 valence electrons. The van der Waals surface area contributed by atoms with Gasteiger partial charge in [0.05, 0.1) is 11.9 Å². The van der Waals surface area contributed by atoms with Gasteiger partial charge in [0, 0.05) is 31.7 Å². The highest BCUT2D eigenvalue weighted by molar-refractivity contribution is 5.17. The van der Waals surface area contributed by atoms with Gasteiger partial charge in [-0.25, -0.2) is 0 Å². The van der Waals surface area contributed by atoms with E-state index in [0.29, 0.717) is 6.54 Å². The Morgan fingerprint density at radius 3 is 3.00 bits per heavy atom. The molecule has 2 heterocycles. The van der Waals surface area contributed by atoms with Crippen LogP contribution in [0.1, 0.15) is 43.9 Å². The van der Waals surface area contributed by atoms with Crippen LogP contribution in [0.2, 0.25) is 0 Å². The average Bonchev–Trinajstić information content (AvgIpc) is 2.71. The van der Waals surface area contributed by atoms with Gasteiger partial charge in [-0.1, -0.05) is 13.3 Å². The Kier molecular flexibility index (Phi) is 4.18. The third kappa shape index (κ3) is 2.69. The molecule has 1 aliphatic heterocycles. The number of aryl methyl sites for hydroxylation is 1. The first-order valence-corrected chi connectivity index (χ1v) is 6.70. The Labute approximate surface area is 104 Å². The number of nitrogens with zero attached hydrogens (tertiary/aromatic N) is 3. The normalized spacial score (nSPS) is 21.9. The Morgan fingerprint density at radius 2 is 2.29 bits per heavy atom. The minimum atomic E-state index is 0.591. The van der Waals surface area contributed by atoms with E-state index in [1.54, 1.807) is 0 Å². The van der Waals surface area contributed by atoms with Crippen LogP contribution in [0, 0.1) is 0 Å². The molecule has 1 aliphatic rings. The van der Waals surface area contributed by atoms with Gasteiger partial charge >= 0.3 is 0 Å². The molecule has 0 aliphatic carbocycles. The lowest BCUT2D eigenvalue weighted by atomic mass is 9.99. The predicted molar refractivity (Wildman–Crippen MR) is 69.4 cm³/mol. The van der Waals surface area contributed by atoms with Gasteiger partial charge in [0.25, 0.3) is 0 Å². The summed E-state index contributed by atoms with van der Waals surface area (Å²) in [5.41, 5.74) is 8.24. The first kappa shape index (κ1) is 12.6. The summed E-state index contributed by atoms with van der Waals surface area (Å²) in [4.78, 5) is 2.60. The fraction of sp³-hybridized carbons (Fsp3) is 0.769. The molecule has 0 amide bonds. The number of nitrogens with two attached hydrogens (primary N) is 1. The van der Waals surface area contributed by atoms with E-state index in [1.165, 1.54) is 43.5 Å². The Morgan fingerprint density at radius 1 is 1.47 bits per heavy atom. The summed E-state index contributed by atoms with van der Waals surface area (Å²) < 4.78 is 1.98. The Balaban J connectivity index is 2.10. The summed E-state index contributed by atoms with van der Waals surface area (Å²) in [5, 5.41) is 4.31. The zero-order valence-corrected chi connectivity index (χ0v) is 11.0. The predicted octanol–water partition coefficient (Wildman–Crippen LogP) is 1.64. The number of hydrogen-bond donors (Lipinski definition) is 1. The molecule has 1 saturated heterocycles. The molecule has 0 unspecified atom stereocenters. The van der Waals surface area contributed by atoms with E-state index in [0.717, 1.165) is 12.6 Å². The molecule has 1 atom stereocenters. The Bertz CT molecular complexity index is 358. The van der Waals surface area contributed by atoms with Crippen molar-refractivity contribution in [2.75, 3.05) is 6.54 Å². The van der Waals surface area contributed by atoms with Crippen molar-refractivity contribution >= 4 is 0 Å². The zero-order valence-electron chi connectivity index (χ0n) is 11.0. The Hall–Kier alpha value is -0.870. The van der Waals surface area contributed by atoms with E-state index >= 15 is 0 Å². The summed E-state index contributed by atoms with van der Waals surface area (Å²) in [6.07, 6.45) is 7.19. The van der Waals surface area contributed by atoms with E-state index in [4.69, 9.17) is 5.73 Å². The average molecular weight is 236 g/mol. The fourth-order valence-electron chi connectivity index (χ4n) is 2.81. The highest BCUT2D eigenvalue weighted by Crippen LogP contribution is 2.22. The quantitative estimate of drug-likeness (QED) is 0.864. The van der Waals surface area contributed by atoms with Crippen molar-refractivity contribution in [3.05, 3.63) is 17.5 Å². The molecule has 2 rings (SSSR count). The first-order valence-electron chi connectivity index (χ1n) is 6.70. The third-order valence-electron chi connectivity index (χ3n) is 3.94. The second-order valence-corrected chi connectivity index (χ2v) is 4.97. The number of aromatic nitrogens is 2. The monoisotopic (exact) mass is 236 g/mol. The smallest absolute Gasteiger partial charge is 0.0566 e. The van der Waals surface area contributed by atoms with Crippen molar-refractivity contribution in [3.8, 4) is 0 Å². The molecule has 0 bridgehead atoms. The van der Waals surface area contributed by atoms with Crippen molar-refractivity contribution in [1.82, 2.24) is 14.7 Å². The van der Waals surface area contributed by atoms with Gasteiger partial charge in [-0.2, -0.15) is 5.10 Å². The molecule has 17 heavy (non-hydrogen) atoms. The van der Waals surface area contributed by atoms with Crippen LogP contribution in [-0.4, -0.2) is 27.3 Å².